The van der Waals surface area contributed by atoms with E-state index < -0.39 is 0 Å². The van der Waals surface area contributed by atoms with Crippen molar-refractivity contribution in [1.29, 1.82) is 0 Å². The highest BCUT2D eigenvalue weighted by molar-refractivity contribution is 7.19. The van der Waals surface area contributed by atoms with E-state index >= 15 is 0 Å². The Morgan fingerprint density at radius 3 is 1.66 bits per heavy atom. The zero-order valence-electron chi connectivity index (χ0n) is 19.1. The molecule has 180 valence electrons. The Labute approximate surface area is 209 Å². The van der Waals surface area contributed by atoms with E-state index in [2.05, 4.69) is 30.6 Å². The average molecular weight is 509 g/mol. The number of anilines is 2. The van der Waals surface area contributed by atoms with E-state index in [1.165, 1.54) is 46.4 Å². The molecule has 0 radical (unpaired) electrons. The van der Waals surface area contributed by atoms with Gasteiger partial charge in [0.1, 0.15) is 47.2 Å². The van der Waals surface area contributed by atoms with Crippen LogP contribution in [0.5, 0.6) is 0 Å². The first-order valence-corrected chi connectivity index (χ1v) is 13.5. The van der Waals surface area contributed by atoms with E-state index in [9.17, 15) is 9.59 Å². The van der Waals surface area contributed by atoms with Crippen molar-refractivity contribution in [2.45, 2.75) is 51.4 Å². The third-order valence-electron chi connectivity index (χ3n) is 6.48. The third-order valence-corrected chi connectivity index (χ3v) is 8.88. The Morgan fingerprint density at radius 2 is 1.17 bits per heavy atom. The van der Waals surface area contributed by atoms with Gasteiger partial charge in [-0.25, -0.2) is 19.9 Å². The van der Waals surface area contributed by atoms with Crippen molar-refractivity contribution < 1.29 is 14.3 Å². The maximum absolute atomic E-state index is 12.5. The molecule has 2 amide bonds. The van der Waals surface area contributed by atoms with Gasteiger partial charge in [-0.1, -0.05) is 0 Å². The smallest absolute Gasteiger partial charge is 0.251 e. The molecule has 0 spiro atoms. The molecule has 0 bridgehead atoms. The van der Waals surface area contributed by atoms with Gasteiger partial charge in [-0.3, -0.25) is 9.59 Å². The summed E-state index contributed by atoms with van der Waals surface area (Å²) >= 11 is 3.35. The molecule has 2 N–H and O–H groups in total. The molecular weight excluding hydrogens is 484 g/mol. The number of aryl methyl sites for hydroxylation is 4. The van der Waals surface area contributed by atoms with Crippen molar-refractivity contribution in [2.75, 3.05) is 23.8 Å². The highest BCUT2D eigenvalue weighted by Gasteiger charge is 2.22. The summed E-state index contributed by atoms with van der Waals surface area (Å²) in [7, 11) is 0. The first-order valence-electron chi connectivity index (χ1n) is 11.9. The second-order valence-corrected chi connectivity index (χ2v) is 11.0. The Hall–Kier alpha value is -3.02. The number of thiophene rings is 2. The minimum atomic E-state index is -0.357. The molecule has 35 heavy (non-hydrogen) atoms. The van der Waals surface area contributed by atoms with Gasteiger partial charge < -0.3 is 15.4 Å². The maximum Gasteiger partial charge on any atom is 0.251 e. The summed E-state index contributed by atoms with van der Waals surface area (Å²) in [6.45, 7) is -0.503. The lowest BCUT2D eigenvalue weighted by atomic mass is 9.97. The largest absolute Gasteiger partial charge is 0.362 e. The molecule has 4 aromatic rings. The fourth-order valence-corrected chi connectivity index (χ4v) is 7.40. The maximum atomic E-state index is 12.5. The average Bonchev–Trinajstić information content (AvgIpc) is 3.43. The van der Waals surface area contributed by atoms with Crippen molar-refractivity contribution in [3.63, 3.8) is 0 Å². The molecule has 0 unspecified atom stereocenters. The van der Waals surface area contributed by atoms with Crippen LogP contribution >= 0.6 is 22.7 Å². The Morgan fingerprint density at radius 1 is 0.714 bits per heavy atom. The fraction of sp³-hybridized carbons (Fsp3) is 0.417. The molecule has 0 aliphatic heterocycles. The third kappa shape index (κ3) is 4.39. The van der Waals surface area contributed by atoms with Gasteiger partial charge >= 0.3 is 0 Å². The number of aromatic nitrogens is 4. The normalized spacial score (nSPS) is 15.1. The van der Waals surface area contributed by atoms with E-state index in [0.29, 0.717) is 11.6 Å². The van der Waals surface area contributed by atoms with Crippen LogP contribution in [0.1, 0.15) is 46.6 Å². The van der Waals surface area contributed by atoms with E-state index in [4.69, 9.17) is 4.74 Å². The molecule has 4 aromatic heterocycles. The van der Waals surface area contributed by atoms with Crippen molar-refractivity contribution in [3.05, 3.63) is 33.5 Å². The van der Waals surface area contributed by atoms with Crippen LogP contribution in [0.15, 0.2) is 12.7 Å². The summed E-state index contributed by atoms with van der Waals surface area (Å²) in [6.07, 6.45) is 11.6. The second-order valence-electron chi connectivity index (χ2n) is 8.82. The minimum Gasteiger partial charge on any atom is -0.362 e. The van der Waals surface area contributed by atoms with E-state index in [1.807, 2.05) is 0 Å². The van der Waals surface area contributed by atoms with Gasteiger partial charge in [0.25, 0.3) is 11.8 Å². The summed E-state index contributed by atoms with van der Waals surface area (Å²) in [5.41, 5.74) is 2.50. The van der Waals surface area contributed by atoms with Gasteiger partial charge in [0.05, 0.1) is 10.8 Å². The zero-order valence-corrected chi connectivity index (χ0v) is 20.7. The molecule has 2 aliphatic carbocycles. The van der Waals surface area contributed by atoms with Gasteiger partial charge in [-0.05, 0) is 62.5 Å². The molecule has 6 rings (SSSR count). The molecule has 11 heteroatoms. The van der Waals surface area contributed by atoms with Crippen molar-refractivity contribution in [2.24, 2.45) is 0 Å². The quantitative estimate of drug-likeness (QED) is 0.403. The fourth-order valence-electron chi connectivity index (χ4n) is 4.94. The Kier molecular flexibility index (Phi) is 6.13. The Balaban J connectivity index is 1.08. The zero-order chi connectivity index (χ0) is 23.8. The number of amides is 2. The number of hydrogen-bond donors (Lipinski definition) is 2. The molecule has 0 atom stereocenters. The molecule has 4 heterocycles. The van der Waals surface area contributed by atoms with Crippen LogP contribution < -0.4 is 10.6 Å². The van der Waals surface area contributed by atoms with E-state index in [-0.39, 0.29) is 25.0 Å². The van der Waals surface area contributed by atoms with Gasteiger partial charge in [-0.2, -0.15) is 0 Å². The number of fused-ring (bicyclic) bond motifs is 6. The standard InChI is InChI=1S/C24H24N6O3S2/c31-17(29-21-19-13-5-1-3-7-15(13)34-23(19)27-11-25-21)9-33-10-18(32)30-22-20-14-6-2-4-8-16(14)35-24(20)28-12-26-22/h11-12H,1-10H2,(H,25,27,29,31)(H,26,28,30,32). The molecule has 0 saturated heterocycles. The molecule has 0 saturated carbocycles. The second kappa shape index (κ2) is 9.56. The first-order chi connectivity index (χ1) is 17.2. The first kappa shape index (κ1) is 22.4. The predicted octanol–water partition coefficient (Wildman–Crippen LogP) is 4.05. The molecule has 2 aliphatic rings. The molecule has 0 fully saturated rings. The number of nitrogens with one attached hydrogen (secondary N) is 2. The lowest BCUT2D eigenvalue weighted by Gasteiger charge is -2.12. The number of rotatable bonds is 6. The topological polar surface area (TPSA) is 119 Å². The van der Waals surface area contributed by atoms with Gasteiger partial charge in [0, 0.05) is 9.75 Å². The molecular formula is C24H24N6O3S2. The van der Waals surface area contributed by atoms with E-state index in [1.54, 1.807) is 22.7 Å². The van der Waals surface area contributed by atoms with Crippen molar-refractivity contribution >= 4 is 66.6 Å². The number of ether oxygens (including phenoxy) is 1. The number of hydrogen-bond acceptors (Lipinski definition) is 9. The minimum absolute atomic E-state index is 0.252. The molecule has 9 nitrogen and oxygen atoms in total. The van der Waals surface area contributed by atoms with Crippen LogP contribution in [0.4, 0.5) is 11.6 Å². The number of carbonyl (C=O) groups excluding carboxylic acids is 2. The highest BCUT2D eigenvalue weighted by Crippen LogP contribution is 2.39. The molecule has 0 aromatic carbocycles. The van der Waals surface area contributed by atoms with Crippen LogP contribution in [0.3, 0.4) is 0 Å². The van der Waals surface area contributed by atoms with Gasteiger partial charge in [0.2, 0.25) is 0 Å². The Bertz CT molecular complexity index is 1340. The van der Waals surface area contributed by atoms with Gasteiger partial charge in [0.15, 0.2) is 0 Å². The summed E-state index contributed by atoms with van der Waals surface area (Å²) in [5.74, 6) is 0.311. The summed E-state index contributed by atoms with van der Waals surface area (Å²) < 4.78 is 5.41. The summed E-state index contributed by atoms with van der Waals surface area (Å²) in [4.78, 5) is 46.9. The van der Waals surface area contributed by atoms with Crippen molar-refractivity contribution in [3.8, 4) is 0 Å². The monoisotopic (exact) mass is 508 g/mol. The highest BCUT2D eigenvalue weighted by atomic mass is 32.1. The van der Waals surface area contributed by atoms with Crippen LogP contribution in [-0.4, -0.2) is 45.0 Å². The van der Waals surface area contributed by atoms with Gasteiger partial charge in [-0.15, -0.1) is 22.7 Å². The van der Waals surface area contributed by atoms with Crippen LogP contribution in [-0.2, 0) is 40.0 Å². The summed E-state index contributed by atoms with van der Waals surface area (Å²) in [6, 6.07) is 0. The van der Waals surface area contributed by atoms with Crippen molar-refractivity contribution in [1.82, 2.24) is 19.9 Å². The van der Waals surface area contributed by atoms with Crippen LogP contribution in [0.2, 0.25) is 0 Å². The SMILES string of the molecule is O=C(COCC(=O)Nc1ncnc2sc3c(c12)CCCC3)Nc1ncnc2sc3c(c12)CCCC3. The predicted molar refractivity (Wildman–Crippen MR) is 136 cm³/mol. The number of nitrogens with zero attached hydrogens (tertiary/aromatic N) is 4. The lowest BCUT2D eigenvalue weighted by molar-refractivity contribution is -0.125. The summed E-state index contributed by atoms with van der Waals surface area (Å²) in [5, 5.41) is 7.55. The van der Waals surface area contributed by atoms with Crippen LogP contribution in [0, 0.1) is 0 Å². The van der Waals surface area contributed by atoms with E-state index in [0.717, 1.165) is 59.0 Å². The lowest BCUT2D eigenvalue weighted by Crippen LogP contribution is -2.24. The van der Waals surface area contributed by atoms with Crippen LogP contribution in [0.25, 0.3) is 20.4 Å². The number of carbonyl (C=O) groups is 2.